The minimum absolute atomic E-state index is 0.407. The van der Waals surface area contributed by atoms with Gasteiger partial charge in [0.1, 0.15) is 0 Å². The van der Waals surface area contributed by atoms with Gasteiger partial charge in [-0.25, -0.2) is 0 Å². The van der Waals surface area contributed by atoms with Gasteiger partial charge < -0.3 is 10.1 Å². The molecule has 2 unspecified atom stereocenters. The molecule has 1 rings (SSSR count). The van der Waals surface area contributed by atoms with E-state index in [9.17, 15) is 0 Å². The maximum atomic E-state index is 5.49. The van der Waals surface area contributed by atoms with Crippen LogP contribution in [0.4, 0.5) is 0 Å². The van der Waals surface area contributed by atoms with Crippen molar-refractivity contribution in [3.05, 3.63) is 0 Å². The highest BCUT2D eigenvalue weighted by atomic mass is 32.2. The lowest BCUT2D eigenvalue weighted by Gasteiger charge is -2.15. The normalized spacial score (nSPS) is 27.4. The summed E-state index contributed by atoms with van der Waals surface area (Å²) in [6.07, 6.45) is 1.58. The third-order valence-electron chi connectivity index (χ3n) is 2.48. The average molecular weight is 217 g/mol. The molecule has 0 aromatic carbocycles. The molecule has 2 atom stereocenters. The predicted octanol–water partition coefficient (Wildman–Crippen LogP) is 2.14. The van der Waals surface area contributed by atoms with E-state index in [-0.39, 0.29) is 0 Å². The molecule has 1 heterocycles. The molecular weight excluding hydrogens is 194 g/mol. The Labute approximate surface area is 92.2 Å². The molecule has 0 radical (unpaired) electrons. The van der Waals surface area contributed by atoms with Gasteiger partial charge in [-0.15, -0.1) is 0 Å². The third kappa shape index (κ3) is 4.67. The Bertz CT molecular complexity index is 152. The highest BCUT2D eigenvalue weighted by Crippen LogP contribution is 2.12. The van der Waals surface area contributed by atoms with Crippen molar-refractivity contribution in [2.45, 2.75) is 39.3 Å². The number of hydrogen-bond acceptors (Lipinski definition) is 3. The minimum Gasteiger partial charge on any atom is -0.377 e. The van der Waals surface area contributed by atoms with Crippen LogP contribution in [0, 0.1) is 5.92 Å². The molecule has 1 aliphatic heterocycles. The molecule has 1 saturated heterocycles. The van der Waals surface area contributed by atoms with Crippen molar-refractivity contribution in [1.82, 2.24) is 5.32 Å². The molecule has 0 bridgehead atoms. The molecule has 0 aliphatic carbocycles. The molecule has 0 aromatic heterocycles. The minimum atomic E-state index is 0.407. The molecule has 0 aromatic rings. The van der Waals surface area contributed by atoms with Gasteiger partial charge in [0.05, 0.1) is 6.10 Å². The van der Waals surface area contributed by atoms with Gasteiger partial charge >= 0.3 is 0 Å². The van der Waals surface area contributed by atoms with Crippen LogP contribution in [-0.2, 0) is 4.74 Å². The molecule has 1 N–H and O–H groups in total. The van der Waals surface area contributed by atoms with Gasteiger partial charge in [-0.1, -0.05) is 13.8 Å². The summed E-state index contributed by atoms with van der Waals surface area (Å²) < 4.78 is 5.49. The summed E-state index contributed by atoms with van der Waals surface area (Å²) in [6, 6.07) is 0.592. The van der Waals surface area contributed by atoms with Crippen molar-refractivity contribution >= 4 is 11.8 Å². The standard InChI is InChI=1S/C11H23NOS/c1-9(2)8-14-7-5-12-11-4-6-13-10(11)3/h9-12H,4-8H2,1-3H3. The van der Waals surface area contributed by atoms with Crippen molar-refractivity contribution < 1.29 is 4.74 Å². The fraction of sp³-hybridized carbons (Fsp3) is 1.00. The zero-order valence-corrected chi connectivity index (χ0v) is 10.4. The second kappa shape index (κ2) is 6.70. The molecule has 1 aliphatic rings. The van der Waals surface area contributed by atoms with Crippen LogP contribution in [-0.4, -0.2) is 36.8 Å². The summed E-state index contributed by atoms with van der Waals surface area (Å²) in [6.45, 7) is 8.75. The third-order valence-corrected chi connectivity index (χ3v) is 3.88. The summed E-state index contributed by atoms with van der Waals surface area (Å²) in [5.41, 5.74) is 0. The second-order valence-corrected chi connectivity index (χ2v) is 5.54. The molecule has 0 spiro atoms. The Morgan fingerprint density at radius 2 is 2.29 bits per heavy atom. The molecule has 3 heteroatoms. The van der Waals surface area contributed by atoms with E-state index in [4.69, 9.17) is 4.74 Å². The largest absolute Gasteiger partial charge is 0.377 e. The number of ether oxygens (including phenoxy) is 1. The lowest BCUT2D eigenvalue weighted by atomic mass is 10.2. The zero-order chi connectivity index (χ0) is 10.4. The number of hydrogen-bond donors (Lipinski definition) is 1. The van der Waals surface area contributed by atoms with E-state index in [1.165, 1.54) is 17.9 Å². The van der Waals surface area contributed by atoms with Gasteiger partial charge in [0.2, 0.25) is 0 Å². The Morgan fingerprint density at radius 3 is 2.86 bits per heavy atom. The summed E-state index contributed by atoms with van der Waals surface area (Å²) in [4.78, 5) is 0. The quantitative estimate of drug-likeness (QED) is 0.689. The van der Waals surface area contributed by atoms with Crippen LogP contribution < -0.4 is 5.32 Å². The first-order valence-electron chi connectivity index (χ1n) is 5.63. The first-order chi connectivity index (χ1) is 6.70. The summed E-state index contributed by atoms with van der Waals surface area (Å²) >= 11 is 2.04. The summed E-state index contributed by atoms with van der Waals surface area (Å²) in [5.74, 6) is 3.31. The van der Waals surface area contributed by atoms with Gasteiger partial charge in [-0.05, 0) is 25.0 Å². The maximum Gasteiger partial charge on any atom is 0.0700 e. The summed E-state index contributed by atoms with van der Waals surface area (Å²) in [5, 5.41) is 3.56. The van der Waals surface area contributed by atoms with E-state index in [0.29, 0.717) is 12.1 Å². The SMILES string of the molecule is CC(C)CSCCNC1CCOC1C. The van der Waals surface area contributed by atoms with Gasteiger partial charge in [-0.3, -0.25) is 0 Å². The topological polar surface area (TPSA) is 21.3 Å². The zero-order valence-electron chi connectivity index (χ0n) is 9.58. The average Bonchev–Trinajstić information content (AvgIpc) is 2.51. The first-order valence-corrected chi connectivity index (χ1v) is 6.78. The molecule has 0 amide bonds. The van der Waals surface area contributed by atoms with Crippen molar-refractivity contribution in [2.24, 2.45) is 5.92 Å². The monoisotopic (exact) mass is 217 g/mol. The molecule has 14 heavy (non-hydrogen) atoms. The van der Waals surface area contributed by atoms with Gasteiger partial charge in [-0.2, -0.15) is 11.8 Å². The van der Waals surface area contributed by atoms with Crippen molar-refractivity contribution in [2.75, 3.05) is 24.7 Å². The number of nitrogens with one attached hydrogen (secondary N) is 1. The second-order valence-electron chi connectivity index (χ2n) is 4.39. The van der Waals surface area contributed by atoms with E-state index in [1.807, 2.05) is 11.8 Å². The Hall–Kier alpha value is 0.270. The smallest absolute Gasteiger partial charge is 0.0700 e. The number of thioether (sulfide) groups is 1. The molecule has 84 valence electrons. The van der Waals surface area contributed by atoms with E-state index in [2.05, 4.69) is 26.1 Å². The van der Waals surface area contributed by atoms with Crippen LogP contribution in [0.2, 0.25) is 0 Å². The highest BCUT2D eigenvalue weighted by molar-refractivity contribution is 7.99. The highest BCUT2D eigenvalue weighted by Gasteiger charge is 2.22. The predicted molar refractivity (Wildman–Crippen MR) is 64.0 cm³/mol. The van der Waals surface area contributed by atoms with Crippen LogP contribution in [0.5, 0.6) is 0 Å². The van der Waals surface area contributed by atoms with E-state index >= 15 is 0 Å². The van der Waals surface area contributed by atoms with Crippen molar-refractivity contribution in [3.63, 3.8) is 0 Å². The molecule has 1 fully saturated rings. The Morgan fingerprint density at radius 1 is 1.50 bits per heavy atom. The lowest BCUT2D eigenvalue weighted by molar-refractivity contribution is 0.113. The molecular formula is C11H23NOS. The van der Waals surface area contributed by atoms with Gasteiger partial charge in [0.25, 0.3) is 0 Å². The summed E-state index contributed by atoms with van der Waals surface area (Å²) in [7, 11) is 0. The van der Waals surface area contributed by atoms with Crippen LogP contribution in [0.25, 0.3) is 0 Å². The van der Waals surface area contributed by atoms with Crippen molar-refractivity contribution in [1.29, 1.82) is 0 Å². The first kappa shape index (κ1) is 12.3. The van der Waals surface area contributed by atoms with Crippen LogP contribution in [0.1, 0.15) is 27.2 Å². The van der Waals surface area contributed by atoms with Crippen LogP contribution >= 0.6 is 11.8 Å². The van der Waals surface area contributed by atoms with Crippen LogP contribution in [0.3, 0.4) is 0 Å². The number of rotatable bonds is 6. The fourth-order valence-corrected chi connectivity index (χ4v) is 2.54. The van der Waals surface area contributed by atoms with Crippen molar-refractivity contribution in [3.8, 4) is 0 Å². The van der Waals surface area contributed by atoms with E-state index < -0.39 is 0 Å². The Kier molecular flexibility index (Phi) is 5.90. The van der Waals surface area contributed by atoms with E-state index in [1.54, 1.807) is 0 Å². The fourth-order valence-electron chi connectivity index (χ4n) is 1.64. The molecule has 2 nitrogen and oxygen atoms in total. The maximum absolute atomic E-state index is 5.49. The van der Waals surface area contributed by atoms with Gasteiger partial charge in [0.15, 0.2) is 0 Å². The Balaban J connectivity index is 1.93. The van der Waals surface area contributed by atoms with Crippen LogP contribution in [0.15, 0.2) is 0 Å². The van der Waals surface area contributed by atoms with E-state index in [0.717, 1.165) is 19.1 Å². The molecule has 0 saturated carbocycles. The van der Waals surface area contributed by atoms with Gasteiger partial charge in [0, 0.05) is 24.9 Å². The lowest BCUT2D eigenvalue weighted by Crippen LogP contribution is -2.36.